The molecule has 0 N–H and O–H groups in total. The molecule has 4 rings (SSSR count). The Morgan fingerprint density at radius 2 is 1.80 bits per heavy atom. The van der Waals surface area contributed by atoms with Gasteiger partial charge in [0.1, 0.15) is 0 Å². The van der Waals surface area contributed by atoms with E-state index in [4.69, 9.17) is 0 Å². The SMILES string of the molecule is CCS[C@H]1CCCCN(C(=O)c2nn(Cc3ccccc3)c(=O)c3ccccc23)C1. The molecular formula is C24H27N3O2S. The Morgan fingerprint density at radius 1 is 1.07 bits per heavy atom. The van der Waals surface area contributed by atoms with Crippen LogP contribution in [0.2, 0.25) is 0 Å². The van der Waals surface area contributed by atoms with Crippen molar-refractivity contribution in [2.24, 2.45) is 0 Å². The molecule has 2 heterocycles. The lowest BCUT2D eigenvalue weighted by Crippen LogP contribution is -2.38. The normalized spacial score (nSPS) is 17.1. The van der Waals surface area contributed by atoms with Crippen molar-refractivity contribution in [2.75, 3.05) is 18.8 Å². The van der Waals surface area contributed by atoms with Crippen molar-refractivity contribution in [1.29, 1.82) is 0 Å². The van der Waals surface area contributed by atoms with E-state index in [1.54, 1.807) is 6.07 Å². The number of rotatable bonds is 5. The number of thioether (sulfide) groups is 1. The molecule has 6 heteroatoms. The van der Waals surface area contributed by atoms with Crippen LogP contribution >= 0.6 is 11.8 Å². The van der Waals surface area contributed by atoms with Gasteiger partial charge in [-0.25, -0.2) is 4.68 Å². The van der Waals surface area contributed by atoms with Crippen molar-refractivity contribution in [3.05, 3.63) is 76.2 Å². The monoisotopic (exact) mass is 421 g/mol. The number of aromatic nitrogens is 2. The molecule has 1 aromatic heterocycles. The zero-order chi connectivity index (χ0) is 20.9. The molecule has 5 nitrogen and oxygen atoms in total. The van der Waals surface area contributed by atoms with E-state index >= 15 is 0 Å². The third kappa shape index (κ3) is 4.43. The molecule has 1 amide bonds. The summed E-state index contributed by atoms with van der Waals surface area (Å²) >= 11 is 1.92. The van der Waals surface area contributed by atoms with E-state index < -0.39 is 0 Å². The number of fused-ring (bicyclic) bond motifs is 1. The van der Waals surface area contributed by atoms with Crippen LogP contribution in [0, 0.1) is 0 Å². The van der Waals surface area contributed by atoms with Crippen molar-refractivity contribution >= 4 is 28.4 Å². The first-order chi connectivity index (χ1) is 14.7. The predicted octanol–water partition coefficient (Wildman–Crippen LogP) is 4.19. The molecule has 3 aromatic rings. The van der Waals surface area contributed by atoms with Gasteiger partial charge in [0.25, 0.3) is 11.5 Å². The van der Waals surface area contributed by atoms with Crippen LogP contribution < -0.4 is 5.56 Å². The average molecular weight is 422 g/mol. The molecule has 1 saturated heterocycles. The minimum absolute atomic E-state index is 0.0726. The van der Waals surface area contributed by atoms with Crippen molar-refractivity contribution in [3.8, 4) is 0 Å². The van der Waals surface area contributed by atoms with Gasteiger partial charge in [-0.2, -0.15) is 16.9 Å². The summed E-state index contributed by atoms with van der Waals surface area (Å²) in [5.41, 5.74) is 1.19. The van der Waals surface area contributed by atoms with Crippen molar-refractivity contribution in [3.63, 3.8) is 0 Å². The lowest BCUT2D eigenvalue weighted by atomic mass is 10.1. The summed E-state index contributed by atoms with van der Waals surface area (Å²) in [6.07, 6.45) is 3.29. The summed E-state index contributed by atoms with van der Waals surface area (Å²) in [5.74, 6) is 0.979. The van der Waals surface area contributed by atoms with E-state index in [2.05, 4.69) is 12.0 Å². The maximum atomic E-state index is 13.6. The molecule has 1 fully saturated rings. The summed E-state index contributed by atoms with van der Waals surface area (Å²) < 4.78 is 1.43. The number of hydrogen-bond acceptors (Lipinski definition) is 4. The van der Waals surface area contributed by atoms with Crippen LogP contribution in [0.4, 0.5) is 0 Å². The highest BCUT2D eigenvalue weighted by Crippen LogP contribution is 2.24. The van der Waals surface area contributed by atoms with Gasteiger partial charge in [0.15, 0.2) is 5.69 Å². The molecule has 2 aromatic carbocycles. The molecule has 1 atom stereocenters. The van der Waals surface area contributed by atoms with Crippen LogP contribution in [0.1, 0.15) is 42.2 Å². The fraction of sp³-hybridized carbons (Fsp3) is 0.375. The standard InChI is InChI=1S/C24H27N3O2S/c1-2-30-19-12-8-9-15-26(17-19)24(29)22-20-13-6-7-14-21(20)23(28)27(25-22)16-18-10-4-3-5-11-18/h3-7,10-11,13-14,19H,2,8-9,12,15-17H2,1H3/t19-/m0/s1. The first-order valence-electron chi connectivity index (χ1n) is 10.6. The van der Waals surface area contributed by atoms with E-state index in [0.717, 1.165) is 43.7 Å². The first kappa shape index (κ1) is 20.7. The van der Waals surface area contributed by atoms with Crippen LogP contribution in [0.3, 0.4) is 0 Å². The van der Waals surface area contributed by atoms with Gasteiger partial charge >= 0.3 is 0 Å². The molecule has 0 unspecified atom stereocenters. The lowest BCUT2D eigenvalue weighted by Gasteiger charge is -2.24. The van der Waals surface area contributed by atoms with Crippen LogP contribution in [-0.2, 0) is 6.54 Å². The fourth-order valence-electron chi connectivity index (χ4n) is 4.07. The molecule has 30 heavy (non-hydrogen) atoms. The Bertz CT molecular complexity index is 1080. The molecule has 0 radical (unpaired) electrons. The Hall–Kier alpha value is -2.60. The predicted molar refractivity (Wildman–Crippen MR) is 123 cm³/mol. The highest BCUT2D eigenvalue weighted by Gasteiger charge is 2.26. The fourth-order valence-corrected chi connectivity index (χ4v) is 5.16. The van der Waals surface area contributed by atoms with Gasteiger partial charge < -0.3 is 4.90 Å². The number of benzene rings is 2. The van der Waals surface area contributed by atoms with Crippen LogP contribution in [0.5, 0.6) is 0 Å². The van der Waals surface area contributed by atoms with E-state index in [1.807, 2.05) is 65.2 Å². The molecule has 0 saturated carbocycles. The van der Waals surface area contributed by atoms with E-state index in [1.165, 1.54) is 4.68 Å². The van der Waals surface area contributed by atoms with Gasteiger partial charge in [-0.15, -0.1) is 0 Å². The molecule has 0 aliphatic carbocycles. The van der Waals surface area contributed by atoms with Crippen LogP contribution in [0.25, 0.3) is 10.8 Å². The van der Waals surface area contributed by atoms with Gasteiger partial charge in [-0.05, 0) is 30.2 Å². The Balaban J connectivity index is 1.74. The highest BCUT2D eigenvalue weighted by atomic mass is 32.2. The number of amides is 1. The number of hydrogen-bond donors (Lipinski definition) is 0. The van der Waals surface area contributed by atoms with E-state index in [9.17, 15) is 9.59 Å². The number of nitrogens with zero attached hydrogens (tertiary/aromatic N) is 3. The zero-order valence-corrected chi connectivity index (χ0v) is 18.1. The third-order valence-electron chi connectivity index (χ3n) is 5.56. The Labute approximate surface area is 181 Å². The van der Waals surface area contributed by atoms with Gasteiger partial charge in [0.05, 0.1) is 11.9 Å². The number of carbonyl (C=O) groups is 1. The van der Waals surface area contributed by atoms with Crippen LogP contribution in [-0.4, -0.2) is 44.7 Å². The van der Waals surface area contributed by atoms with Gasteiger partial charge in [-0.1, -0.05) is 61.9 Å². The largest absolute Gasteiger partial charge is 0.336 e. The molecule has 0 bridgehead atoms. The summed E-state index contributed by atoms with van der Waals surface area (Å²) in [7, 11) is 0. The first-order valence-corrected chi connectivity index (χ1v) is 11.7. The number of carbonyl (C=O) groups excluding carboxylic acids is 1. The summed E-state index contributed by atoms with van der Waals surface area (Å²) in [4.78, 5) is 28.6. The minimum Gasteiger partial charge on any atom is -0.336 e. The smallest absolute Gasteiger partial charge is 0.274 e. The molecular weight excluding hydrogens is 394 g/mol. The van der Waals surface area contributed by atoms with Gasteiger partial charge in [-0.3, -0.25) is 9.59 Å². The second-order valence-corrected chi connectivity index (χ2v) is 9.24. The molecule has 156 valence electrons. The van der Waals surface area contributed by atoms with Gasteiger partial charge in [0.2, 0.25) is 0 Å². The van der Waals surface area contributed by atoms with Crippen LogP contribution in [0.15, 0.2) is 59.4 Å². The minimum atomic E-state index is -0.165. The summed E-state index contributed by atoms with van der Waals surface area (Å²) in [5, 5.41) is 6.22. The second-order valence-electron chi connectivity index (χ2n) is 7.67. The number of likely N-dealkylation sites (tertiary alicyclic amines) is 1. The van der Waals surface area contributed by atoms with E-state index in [-0.39, 0.29) is 11.5 Å². The van der Waals surface area contributed by atoms with Gasteiger partial charge in [0, 0.05) is 23.7 Å². The maximum Gasteiger partial charge on any atom is 0.274 e. The highest BCUT2D eigenvalue weighted by molar-refractivity contribution is 7.99. The second kappa shape index (κ2) is 9.47. The van der Waals surface area contributed by atoms with E-state index in [0.29, 0.717) is 28.3 Å². The zero-order valence-electron chi connectivity index (χ0n) is 17.3. The molecule has 1 aliphatic rings. The third-order valence-corrected chi connectivity index (χ3v) is 6.75. The molecule has 1 aliphatic heterocycles. The quantitative estimate of drug-likeness (QED) is 0.620. The van der Waals surface area contributed by atoms with Crippen molar-refractivity contribution in [1.82, 2.24) is 14.7 Å². The average Bonchev–Trinajstić information content (AvgIpc) is 3.02. The Morgan fingerprint density at radius 3 is 2.57 bits per heavy atom. The topological polar surface area (TPSA) is 55.2 Å². The maximum absolute atomic E-state index is 13.6. The molecule has 0 spiro atoms. The van der Waals surface area contributed by atoms with Crippen molar-refractivity contribution < 1.29 is 4.79 Å². The summed E-state index contributed by atoms with van der Waals surface area (Å²) in [6, 6.07) is 17.1. The lowest BCUT2D eigenvalue weighted by molar-refractivity contribution is 0.0757. The Kier molecular flexibility index (Phi) is 6.53. The summed E-state index contributed by atoms with van der Waals surface area (Å²) in [6.45, 7) is 3.99. The van der Waals surface area contributed by atoms with Crippen molar-refractivity contribution in [2.45, 2.75) is 38.0 Å².